The number of aliphatic hydroxyl groups is 1. The van der Waals surface area contributed by atoms with E-state index in [1.807, 2.05) is 76.2 Å². The standard InChI is InChI=1S/C24H27NO6.C23H25NO7.C22H24BrNO6.C22H23NO7.C15H20BrNO4.C3H6/c1-5-17-18(8-6-10-21(17)29-4)23(28)25-15-24(2,3)31-14-16(25)13-30-22-11-7-9-20(27)19(22)12-26;1-23(2)14-24(22(28)16-6-4-8-20(29-3)17(16)10-25)15(13-31-23)12-30-21-9-5-7-19(27)18(21)11-26;1-22(2)13-24(21(27)15-6-4-9-19(28-3)20(15)23)14(12-30-22)11-29-18-8-5-7-17(26)16(18)10-25;1-22(2)13-23(21(28)15-5-3-6-18(26)16(15)9-24)14(12-30-22)11-29-20-8-4-7-19(27)17(20)10-25;1-15(2)9-17(10(7-18)8-21-15)14(19)11-5-4-6-12(20-3)13(11)16;1-3-2/h5-12,16,27H,1,13-15H2,2-4H3;4-11,15,27H,12-14H2,1-3H3;4-10,14,26H,11-13H2,1-3H3;3-10,14,26-27H,11-13H2,1-2H3;4-6,10,18H,7-9H2,1-3H3;3H,1H2,2H3/t;;;14-;;/m...1../s1. The van der Waals surface area contributed by atoms with E-state index in [4.69, 9.17) is 61.6 Å². The van der Waals surface area contributed by atoms with Crippen LogP contribution in [-0.4, -0.2) is 308 Å². The number of aldehydes is 6. The second kappa shape index (κ2) is 52.6. The van der Waals surface area contributed by atoms with Crippen LogP contribution in [0.3, 0.4) is 0 Å². The van der Waals surface area contributed by atoms with Crippen LogP contribution >= 0.6 is 31.9 Å². The molecular weight excluding hydrogens is 2020 g/mol. The number of nitrogens with zero attached hydrogens (tertiary/aromatic N) is 5. The predicted molar refractivity (Wildman–Crippen MR) is 550 cm³/mol. The topological polar surface area (TPSA) is 445 Å². The van der Waals surface area contributed by atoms with Crippen LogP contribution in [0.1, 0.15) is 196 Å². The first-order valence-electron chi connectivity index (χ1n) is 46.3. The van der Waals surface area contributed by atoms with Gasteiger partial charge in [-0.15, -0.1) is 6.58 Å². The number of aliphatic hydroxyl groups excluding tert-OH is 1. The number of aromatic hydroxyl groups is 5. The summed E-state index contributed by atoms with van der Waals surface area (Å²) in [5.74, 6) is 0.678. The summed E-state index contributed by atoms with van der Waals surface area (Å²) >= 11 is 6.87. The van der Waals surface area contributed by atoms with Gasteiger partial charge in [-0.3, -0.25) is 52.7 Å². The average molecular weight is 2150 g/mol. The molecule has 4 unspecified atom stereocenters. The highest BCUT2D eigenvalue weighted by molar-refractivity contribution is 9.11. The Morgan fingerprint density at radius 2 is 0.514 bits per heavy atom. The van der Waals surface area contributed by atoms with Crippen molar-refractivity contribution in [1.29, 1.82) is 0 Å². The van der Waals surface area contributed by atoms with Crippen LogP contribution in [-0.2, 0) is 23.7 Å². The summed E-state index contributed by atoms with van der Waals surface area (Å²) in [6.45, 7) is 31.1. The van der Waals surface area contributed by atoms with Gasteiger partial charge >= 0.3 is 0 Å². The molecule has 146 heavy (non-hydrogen) atoms. The van der Waals surface area contributed by atoms with Crippen molar-refractivity contribution >= 4 is 105 Å². The van der Waals surface area contributed by atoms with Crippen LogP contribution < -0.4 is 37.9 Å². The van der Waals surface area contributed by atoms with Gasteiger partial charge in [0, 0.05) is 38.3 Å². The molecule has 780 valence electrons. The third kappa shape index (κ3) is 29.4. The third-order valence-corrected chi connectivity index (χ3v) is 25.4. The van der Waals surface area contributed by atoms with Crippen molar-refractivity contribution in [3.8, 4) is 74.7 Å². The van der Waals surface area contributed by atoms with Gasteiger partial charge in [0.1, 0.15) is 101 Å². The Morgan fingerprint density at radius 1 is 0.315 bits per heavy atom. The number of halogens is 2. The van der Waals surface area contributed by atoms with Crippen molar-refractivity contribution in [2.24, 2.45) is 0 Å². The lowest BCUT2D eigenvalue weighted by Crippen LogP contribution is -2.58. The van der Waals surface area contributed by atoms with E-state index in [-0.39, 0.29) is 205 Å². The predicted octanol–water partition coefficient (Wildman–Crippen LogP) is 15.6. The van der Waals surface area contributed by atoms with Gasteiger partial charge in [-0.05, 0) is 217 Å². The van der Waals surface area contributed by atoms with Gasteiger partial charge < -0.3 is 117 Å². The summed E-state index contributed by atoms with van der Waals surface area (Å²) in [5.41, 5.74) is 0.00119. The molecule has 14 rings (SSSR count). The van der Waals surface area contributed by atoms with E-state index < -0.39 is 52.0 Å². The van der Waals surface area contributed by atoms with Gasteiger partial charge in [-0.2, -0.15) is 0 Å². The highest BCUT2D eigenvalue weighted by atomic mass is 79.9. The number of hydrogen-bond donors (Lipinski definition) is 6. The smallest absolute Gasteiger partial charge is 0.255 e. The number of methoxy groups -OCH3 is 4. The second-order valence-electron chi connectivity index (χ2n) is 37.0. The van der Waals surface area contributed by atoms with Crippen LogP contribution in [0, 0.1) is 0 Å². The quantitative estimate of drug-likeness (QED) is 0.0187. The van der Waals surface area contributed by atoms with Crippen LogP contribution in [0.2, 0.25) is 0 Å². The molecule has 0 spiro atoms. The molecule has 0 aromatic heterocycles. The van der Waals surface area contributed by atoms with Crippen molar-refractivity contribution in [1.82, 2.24) is 24.5 Å². The maximum absolute atomic E-state index is 13.5. The number of morpholine rings is 5. The lowest BCUT2D eigenvalue weighted by atomic mass is 10.00. The molecule has 5 aliphatic rings. The summed E-state index contributed by atoms with van der Waals surface area (Å²) in [6.07, 6.45) is 6.50. The van der Waals surface area contributed by atoms with Crippen molar-refractivity contribution in [2.75, 3.05) is 127 Å². The molecule has 5 heterocycles. The zero-order valence-electron chi connectivity index (χ0n) is 84.1. The Balaban J connectivity index is 0.000000203. The fourth-order valence-electron chi connectivity index (χ4n) is 16.2. The highest BCUT2D eigenvalue weighted by Crippen LogP contribution is 2.40. The molecule has 0 saturated carbocycles. The molecule has 37 heteroatoms. The SMILES string of the molecule is C=CC.C=Cc1c(OC)cccc1C(=O)N1CC(C)(C)OCC1COc1cccc(O)c1C=O.CC1(C)CN(C(=O)c2cccc(O)c2C=O)[C@H](COc2cccc(O)c2C=O)CO1.COc1cccc(C(=O)N2CC(C)(C)OCC2CO)c1Br.COc1cccc(C(=O)N2CC(C)(C)OCC2COc2cccc(O)c2C=O)c1Br.COc1cccc(C(=O)N2CC(C)(C)OCC2COc2cccc(O)c2C=O)c1C=O. The number of amides is 5. The molecule has 5 amide bonds. The van der Waals surface area contributed by atoms with Crippen molar-refractivity contribution in [2.45, 2.75) is 134 Å². The average Bonchev–Trinajstić information content (AvgIpc) is 0.789. The minimum Gasteiger partial charge on any atom is -0.507 e. The number of phenolic OH excluding ortho intramolecular Hbond substituents is 5. The van der Waals surface area contributed by atoms with Gasteiger partial charge in [-0.25, -0.2) is 0 Å². The molecular formula is C109H125Br2N5O30. The number of hydrogen-bond acceptors (Lipinski definition) is 30. The molecule has 5 saturated heterocycles. The number of benzene rings is 9. The zero-order chi connectivity index (χ0) is 107. The maximum Gasteiger partial charge on any atom is 0.255 e. The van der Waals surface area contributed by atoms with E-state index in [9.17, 15) is 83.4 Å². The molecule has 35 nitrogen and oxygen atoms in total. The number of phenols is 5. The largest absolute Gasteiger partial charge is 0.507 e. The number of carbonyl (C=O) groups is 11. The fourth-order valence-corrected chi connectivity index (χ4v) is 17.4. The Hall–Kier alpha value is -14.1. The van der Waals surface area contributed by atoms with Crippen LogP contribution in [0.15, 0.2) is 192 Å². The summed E-state index contributed by atoms with van der Waals surface area (Å²) in [6, 6.07) is 41.1. The molecule has 9 aromatic carbocycles. The van der Waals surface area contributed by atoms with Gasteiger partial charge in [0.2, 0.25) is 0 Å². The molecule has 0 bridgehead atoms. The molecule has 5 atom stereocenters. The van der Waals surface area contributed by atoms with Crippen LogP contribution in [0.4, 0.5) is 0 Å². The molecule has 5 aliphatic heterocycles. The van der Waals surface area contributed by atoms with Gasteiger partial charge in [-0.1, -0.05) is 73.3 Å². The number of carbonyl (C=O) groups excluding carboxylic acids is 11. The normalized spacial score (nSPS) is 18.0. The Labute approximate surface area is 864 Å². The van der Waals surface area contributed by atoms with Gasteiger partial charge in [0.25, 0.3) is 29.5 Å². The minimum absolute atomic E-state index is 0.00134. The van der Waals surface area contributed by atoms with E-state index >= 15 is 0 Å². The number of rotatable bonds is 29. The molecule has 0 radical (unpaired) electrons. The van der Waals surface area contributed by atoms with Crippen molar-refractivity contribution in [3.63, 3.8) is 0 Å². The Kier molecular flexibility index (Phi) is 41.7. The highest BCUT2D eigenvalue weighted by Gasteiger charge is 2.45. The second-order valence-corrected chi connectivity index (χ2v) is 38.6. The van der Waals surface area contributed by atoms with Crippen molar-refractivity contribution in [3.05, 3.63) is 259 Å². The lowest BCUT2D eigenvalue weighted by molar-refractivity contribution is -0.110. The molecule has 0 aliphatic carbocycles. The zero-order valence-corrected chi connectivity index (χ0v) is 87.3. The first kappa shape index (κ1) is 116. The first-order chi connectivity index (χ1) is 69.5. The summed E-state index contributed by atoms with van der Waals surface area (Å²) < 4.78 is 74.7. The van der Waals surface area contributed by atoms with E-state index in [2.05, 4.69) is 45.0 Å². The van der Waals surface area contributed by atoms with Crippen LogP contribution in [0.5, 0.6) is 74.7 Å². The van der Waals surface area contributed by atoms with Gasteiger partial charge in [0.05, 0.1) is 196 Å². The monoisotopic (exact) mass is 2140 g/mol. The van der Waals surface area contributed by atoms with E-state index in [1.54, 1.807) is 174 Å². The summed E-state index contributed by atoms with van der Waals surface area (Å²) in [7, 11) is 6.08. The van der Waals surface area contributed by atoms with Crippen LogP contribution in [0.25, 0.3) is 6.08 Å². The van der Waals surface area contributed by atoms with E-state index in [0.717, 1.165) is 0 Å². The Morgan fingerprint density at radius 3 is 0.767 bits per heavy atom. The minimum atomic E-state index is -0.622. The Bertz CT molecular complexity index is 5980. The molecule has 5 fully saturated rings. The van der Waals surface area contributed by atoms with Crippen molar-refractivity contribution < 1.29 is 145 Å². The lowest BCUT2D eigenvalue weighted by Gasteiger charge is -2.43. The maximum atomic E-state index is 13.5. The summed E-state index contributed by atoms with van der Waals surface area (Å²) in [5, 5.41) is 58.8. The van der Waals surface area contributed by atoms with E-state index in [1.165, 1.54) is 54.5 Å². The summed E-state index contributed by atoms with van der Waals surface area (Å²) in [4.78, 5) is 143. The molecule has 6 N–H and O–H groups in total. The van der Waals surface area contributed by atoms with E-state index in [0.29, 0.717) is 118 Å². The first-order valence-corrected chi connectivity index (χ1v) is 47.9. The third-order valence-electron chi connectivity index (χ3n) is 23.8. The number of allylic oxidation sites excluding steroid dienone is 1. The number of ether oxygens (including phenoxy) is 13. The fraction of sp³-hybridized carbons (Fsp3) is 0.367. The van der Waals surface area contributed by atoms with Gasteiger partial charge in [0.15, 0.2) is 37.7 Å². The molecule has 9 aromatic rings.